The van der Waals surface area contributed by atoms with E-state index >= 15 is 0 Å². The van der Waals surface area contributed by atoms with E-state index in [2.05, 4.69) is 11.9 Å². The van der Waals surface area contributed by atoms with E-state index in [1.165, 1.54) is 25.7 Å². The maximum Gasteiger partial charge on any atom is 0.0468 e. The summed E-state index contributed by atoms with van der Waals surface area (Å²) in [7, 11) is 2.21. The Kier molecular flexibility index (Phi) is 3.42. The fourth-order valence-corrected chi connectivity index (χ4v) is 2.77. The molecule has 2 atom stereocenters. The molecule has 3 nitrogen and oxygen atoms in total. The van der Waals surface area contributed by atoms with Crippen LogP contribution >= 0.6 is 0 Å². The second-order valence-corrected chi connectivity index (χ2v) is 4.88. The highest BCUT2D eigenvalue weighted by atomic mass is 16.5. The number of hydrogen-bond donors (Lipinski definition) is 1. The van der Waals surface area contributed by atoms with Crippen LogP contribution in [0.1, 0.15) is 25.7 Å². The summed E-state index contributed by atoms with van der Waals surface area (Å²) in [5.41, 5.74) is 5.95. The summed E-state index contributed by atoms with van der Waals surface area (Å²) in [6, 6.07) is 1.14. The van der Waals surface area contributed by atoms with Crippen LogP contribution in [-0.2, 0) is 4.74 Å². The molecule has 0 saturated carbocycles. The van der Waals surface area contributed by atoms with Crippen molar-refractivity contribution in [2.45, 2.75) is 37.8 Å². The lowest BCUT2D eigenvalue weighted by atomic mass is 9.91. The lowest BCUT2D eigenvalue weighted by Crippen LogP contribution is -2.29. The van der Waals surface area contributed by atoms with Gasteiger partial charge in [-0.1, -0.05) is 0 Å². The van der Waals surface area contributed by atoms with Crippen molar-refractivity contribution in [1.29, 1.82) is 0 Å². The van der Waals surface area contributed by atoms with Crippen LogP contribution in [0.3, 0.4) is 0 Å². The van der Waals surface area contributed by atoms with Crippen LogP contribution in [-0.4, -0.2) is 43.8 Å². The predicted octanol–water partition coefficient (Wildman–Crippen LogP) is 0.834. The van der Waals surface area contributed by atoms with Gasteiger partial charge in [-0.05, 0) is 38.6 Å². The Morgan fingerprint density at radius 3 is 2.64 bits per heavy atom. The lowest BCUT2D eigenvalue weighted by molar-refractivity contribution is 0.0566. The number of ether oxygens (including phenoxy) is 1. The fraction of sp³-hybridized carbons (Fsp3) is 1.00. The minimum absolute atomic E-state index is 0.407. The molecule has 0 amide bonds. The minimum Gasteiger partial charge on any atom is -0.381 e. The maximum absolute atomic E-state index is 5.95. The highest BCUT2D eigenvalue weighted by Crippen LogP contribution is 2.26. The largest absolute Gasteiger partial charge is 0.381 e. The summed E-state index contributed by atoms with van der Waals surface area (Å²) in [6.07, 6.45) is 5.01. The first kappa shape index (κ1) is 10.4. The zero-order valence-corrected chi connectivity index (χ0v) is 9.11. The summed E-state index contributed by atoms with van der Waals surface area (Å²) in [5.74, 6) is 0.876. The van der Waals surface area contributed by atoms with Crippen LogP contribution < -0.4 is 5.73 Å². The van der Waals surface area contributed by atoms with E-state index in [-0.39, 0.29) is 0 Å². The normalized spacial score (nSPS) is 36.4. The number of hydrogen-bond acceptors (Lipinski definition) is 3. The van der Waals surface area contributed by atoms with Crippen LogP contribution in [0.15, 0.2) is 0 Å². The van der Waals surface area contributed by atoms with Crippen molar-refractivity contribution in [2.24, 2.45) is 11.7 Å². The van der Waals surface area contributed by atoms with E-state index in [0.717, 1.165) is 31.7 Å². The maximum atomic E-state index is 5.95. The molecule has 2 saturated heterocycles. The average Bonchev–Trinajstić information content (AvgIpc) is 2.47. The van der Waals surface area contributed by atoms with Gasteiger partial charge in [-0.25, -0.2) is 0 Å². The van der Waals surface area contributed by atoms with Gasteiger partial charge < -0.3 is 15.4 Å². The van der Waals surface area contributed by atoms with Crippen LogP contribution in [0, 0.1) is 5.92 Å². The minimum atomic E-state index is 0.407. The first-order valence-corrected chi connectivity index (χ1v) is 5.79. The molecule has 0 radical (unpaired) electrons. The molecule has 0 aromatic rings. The molecule has 82 valence electrons. The summed E-state index contributed by atoms with van der Waals surface area (Å²) in [5, 5.41) is 0. The van der Waals surface area contributed by atoms with Gasteiger partial charge in [-0.15, -0.1) is 0 Å². The summed E-state index contributed by atoms with van der Waals surface area (Å²) >= 11 is 0. The van der Waals surface area contributed by atoms with E-state index in [1.54, 1.807) is 0 Å². The first-order valence-electron chi connectivity index (χ1n) is 5.79. The van der Waals surface area contributed by atoms with E-state index in [0.29, 0.717) is 6.04 Å². The molecule has 2 unspecified atom stereocenters. The summed E-state index contributed by atoms with van der Waals surface area (Å²) in [6.45, 7) is 3.01. The Balaban J connectivity index is 1.78. The molecule has 0 aromatic heterocycles. The van der Waals surface area contributed by atoms with Gasteiger partial charge in [0.1, 0.15) is 0 Å². The SMILES string of the molecule is CN1CC(N)CC1CC1CCOCC1. The zero-order valence-electron chi connectivity index (χ0n) is 9.11. The van der Waals surface area contributed by atoms with Gasteiger partial charge in [0.2, 0.25) is 0 Å². The van der Waals surface area contributed by atoms with Gasteiger partial charge in [-0.3, -0.25) is 0 Å². The van der Waals surface area contributed by atoms with Gasteiger partial charge >= 0.3 is 0 Å². The van der Waals surface area contributed by atoms with Gasteiger partial charge in [0.05, 0.1) is 0 Å². The predicted molar refractivity (Wildman–Crippen MR) is 57.2 cm³/mol. The third-order valence-electron chi connectivity index (χ3n) is 3.67. The van der Waals surface area contributed by atoms with Crippen molar-refractivity contribution in [3.63, 3.8) is 0 Å². The number of rotatable bonds is 2. The molecular formula is C11H22N2O. The monoisotopic (exact) mass is 198 g/mol. The molecule has 0 bridgehead atoms. The van der Waals surface area contributed by atoms with Crippen molar-refractivity contribution in [1.82, 2.24) is 4.90 Å². The highest BCUT2D eigenvalue weighted by molar-refractivity contribution is 4.87. The van der Waals surface area contributed by atoms with Crippen molar-refractivity contribution >= 4 is 0 Å². The third-order valence-corrected chi connectivity index (χ3v) is 3.67. The van der Waals surface area contributed by atoms with Gasteiger partial charge in [-0.2, -0.15) is 0 Å². The number of likely N-dealkylation sites (tertiary alicyclic amines) is 1. The molecule has 3 heteroatoms. The van der Waals surface area contributed by atoms with Crippen LogP contribution in [0.2, 0.25) is 0 Å². The second kappa shape index (κ2) is 4.60. The van der Waals surface area contributed by atoms with Gasteiger partial charge in [0.15, 0.2) is 0 Å². The molecule has 2 fully saturated rings. The van der Waals surface area contributed by atoms with Crippen LogP contribution in [0.5, 0.6) is 0 Å². The number of nitrogens with two attached hydrogens (primary N) is 1. The molecule has 0 spiro atoms. The summed E-state index contributed by atoms with van der Waals surface area (Å²) < 4.78 is 5.37. The Hall–Kier alpha value is -0.120. The van der Waals surface area contributed by atoms with Crippen molar-refractivity contribution in [3.8, 4) is 0 Å². The molecule has 2 heterocycles. The topological polar surface area (TPSA) is 38.5 Å². The molecule has 14 heavy (non-hydrogen) atoms. The molecule has 2 aliphatic rings. The van der Waals surface area contributed by atoms with E-state index in [4.69, 9.17) is 10.5 Å². The van der Waals surface area contributed by atoms with Gasteiger partial charge in [0, 0.05) is 31.8 Å². The van der Waals surface area contributed by atoms with Gasteiger partial charge in [0.25, 0.3) is 0 Å². The quantitative estimate of drug-likeness (QED) is 0.714. The Labute approximate surface area is 86.6 Å². The number of nitrogens with zero attached hydrogens (tertiary/aromatic N) is 1. The Morgan fingerprint density at radius 2 is 2.07 bits per heavy atom. The average molecular weight is 198 g/mol. The Bertz CT molecular complexity index is 180. The molecular weight excluding hydrogens is 176 g/mol. The zero-order chi connectivity index (χ0) is 9.97. The highest BCUT2D eigenvalue weighted by Gasteiger charge is 2.29. The van der Waals surface area contributed by atoms with Crippen LogP contribution in [0.4, 0.5) is 0 Å². The number of likely N-dealkylation sites (N-methyl/N-ethyl adjacent to an activating group) is 1. The van der Waals surface area contributed by atoms with Crippen molar-refractivity contribution in [3.05, 3.63) is 0 Å². The standard InChI is InChI=1S/C11H22N2O/c1-13-8-10(12)7-11(13)6-9-2-4-14-5-3-9/h9-11H,2-8,12H2,1H3. The van der Waals surface area contributed by atoms with E-state index in [9.17, 15) is 0 Å². The van der Waals surface area contributed by atoms with Crippen LogP contribution in [0.25, 0.3) is 0 Å². The molecule has 0 aromatic carbocycles. The smallest absolute Gasteiger partial charge is 0.0468 e. The fourth-order valence-electron chi connectivity index (χ4n) is 2.77. The molecule has 2 N–H and O–H groups in total. The molecule has 2 aliphatic heterocycles. The Morgan fingerprint density at radius 1 is 1.36 bits per heavy atom. The second-order valence-electron chi connectivity index (χ2n) is 4.88. The van der Waals surface area contributed by atoms with Crippen molar-refractivity contribution < 1.29 is 4.74 Å². The summed E-state index contributed by atoms with van der Waals surface area (Å²) in [4.78, 5) is 2.43. The van der Waals surface area contributed by atoms with E-state index < -0.39 is 0 Å². The third kappa shape index (κ3) is 2.47. The molecule has 2 rings (SSSR count). The van der Waals surface area contributed by atoms with Crippen molar-refractivity contribution in [2.75, 3.05) is 26.8 Å². The lowest BCUT2D eigenvalue weighted by Gasteiger charge is -2.27. The van der Waals surface area contributed by atoms with E-state index in [1.807, 2.05) is 0 Å². The molecule has 0 aliphatic carbocycles. The first-order chi connectivity index (χ1) is 6.75.